The largest absolute Gasteiger partial charge is 0.481 e. The van der Waals surface area contributed by atoms with E-state index >= 15 is 0 Å². The second-order valence-corrected chi connectivity index (χ2v) is 5.65. The van der Waals surface area contributed by atoms with Crippen molar-refractivity contribution in [2.75, 3.05) is 0 Å². The fraction of sp³-hybridized carbons (Fsp3) is 0.833. The van der Waals surface area contributed by atoms with Gasteiger partial charge in [0.05, 0.1) is 0 Å². The van der Waals surface area contributed by atoms with Gasteiger partial charge < -0.3 is 10.2 Å². The summed E-state index contributed by atoms with van der Waals surface area (Å²) in [5, 5.41) is 15.4. The second kappa shape index (κ2) is 16.6. The number of hydrogen-bond donors (Lipinski definition) is 2. The van der Waals surface area contributed by atoms with E-state index < -0.39 is 18.4 Å². The van der Waals surface area contributed by atoms with Gasteiger partial charge in [0.1, 0.15) is 6.42 Å². The molecule has 5 heteroatoms. The quantitative estimate of drug-likeness (QED) is 0.384. The van der Waals surface area contributed by atoms with Crippen molar-refractivity contribution in [3.05, 3.63) is 0 Å². The summed E-state index contributed by atoms with van der Waals surface area (Å²) in [5.74, 6) is -2.62. The van der Waals surface area contributed by atoms with Crippen LogP contribution < -0.4 is 0 Å². The maximum Gasteiger partial charge on any atom is 0.314 e. The van der Waals surface area contributed by atoms with Crippen LogP contribution in [-0.4, -0.2) is 71.1 Å². The molecule has 0 bridgehead atoms. The van der Waals surface area contributed by atoms with E-state index in [4.69, 9.17) is 10.2 Å². The van der Waals surface area contributed by atoms with E-state index in [1.54, 1.807) is 0.515 Å². The first-order chi connectivity index (χ1) is 8.04. The summed E-state index contributed by atoms with van der Waals surface area (Å²) in [7, 11) is 0. The minimum Gasteiger partial charge on any atom is -0.481 e. The van der Waals surface area contributed by atoms with Gasteiger partial charge in [-0.05, 0) is 0 Å². The van der Waals surface area contributed by atoms with E-state index in [0.717, 1.165) is 49.0 Å². The van der Waals surface area contributed by atoms with E-state index in [-0.39, 0.29) is 0 Å². The Balaban J connectivity index is 0. The molecule has 0 aliphatic carbocycles. The summed E-state index contributed by atoms with van der Waals surface area (Å²) in [5.41, 5.74) is 0. The first-order valence-corrected chi connectivity index (χ1v) is 8.69. The minimum atomic E-state index is -1.31. The van der Waals surface area contributed by atoms with Crippen LogP contribution in [0.1, 0.15) is 58.3 Å². The molecule has 0 aromatic rings. The normalized spacial score (nSPS) is 9.35. The van der Waals surface area contributed by atoms with Gasteiger partial charge in [-0.3, -0.25) is 9.59 Å². The van der Waals surface area contributed by atoms with Crippen molar-refractivity contribution in [3.8, 4) is 0 Å². The Labute approximate surface area is 138 Å². The maximum atomic E-state index is 9.43. The summed E-state index contributed by atoms with van der Waals surface area (Å²) >= 11 is 1.11. The fourth-order valence-corrected chi connectivity index (χ4v) is 2.12. The minimum absolute atomic E-state index is 0.806. The zero-order valence-electron chi connectivity index (χ0n) is 11.1. The Bertz CT molecular complexity index is 175. The van der Waals surface area contributed by atoms with Crippen molar-refractivity contribution in [2.45, 2.75) is 58.8 Å². The molecule has 0 aliphatic rings. The van der Waals surface area contributed by atoms with Gasteiger partial charge in [0.25, 0.3) is 0 Å². The van der Waals surface area contributed by atoms with Crippen LogP contribution in [-0.2, 0) is 9.59 Å². The zero-order chi connectivity index (χ0) is 13.5. The van der Waals surface area contributed by atoms with E-state index in [2.05, 4.69) is 6.92 Å². The van der Waals surface area contributed by atoms with E-state index in [1.807, 2.05) is 0 Å². The van der Waals surface area contributed by atoms with E-state index in [9.17, 15) is 9.59 Å². The molecule has 0 spiro atoms. The van der Waals surface area contributed by atoms with Crippen LogP contribution in [0.3, 0.4) is 0 Å². The van der Waals surface area contributed by atoms with Gasteiger partial charge in [-0.15, -0.1) is 0 Å². The van der Waals surface area contributed by atoms with Gasteiger partial charge in [-0.25, -0.2) is 0 Å². The van der Waals surface area contributed by atoms with Crippen LogP contribution in [0.5, 0.6) is 0 Å². The predicted molar refractivity (Wildman–Crippen MR) is 68.4 cm³/mol. The predicted octanol–water partition coefficient (Wildman–Crippen LogP) is 2.87. The number of aliphatic carboxylic acids is 2. The number of carboxylic acid groups (broad SMARTS) is 2. The van der Waals surface area contributed by atoms with Crippen LogP contribution in [0, 0.1) is 0 Å². The van der Waals surface area contributed by atoms with Gasteiger partial charge >= 0.3 is 113 Å². The third kappa shape index (κ3) is 26.3. The molecule has 4 nitrogen and oxygen atoms in total. The van der Waals surface area contributed by atoms with E-state index in [0.29, 0.717) is 0 Å². The van der Waals surface area contributed by atoms with Crippen molar-refractivity contribution in [2.24, 2.45) is 0 Å². The van der Waals surface area contributed by atoms with Crippen molar-refractivity contribution < 1.29 is 19.8 Å². The Morgan fingerprint density at radius 3 is 1.59 bits per heavy atom. The molecule has 17 heavy (non-hydrogen) atoms. The molecular weight excluding hydrogens is 247 g/mol. The third-order valence-corrected chi connectivity index (χ3v) is 3.36. The van der Waals surface area contributed by atoms with Crippen LogP contribution in [0.2, 0.25) is 0.515 Å². The molecule has 0 heterocycles. The third-order valence-electron chi connectivity index (χ3n) is 2.26. The molecule has 0 fully saturated rings. The molecule has 0 amide bonds. The van der Waals surface area contributed by atoms with E-state index in [1.165, 1.54) is 44.9 Å². The van der Waals surface area contributed by atoms with Crippen molar-refractivity contribution in [1.29, 1.82) is 0 Å². The molecule has 0 radical (unpaired) electrons. The van der Waals surface area contributed by atoms with Crippen molar-refractivity contribution in [1.82, 2.24) is 0 Å². The zero-order valence-corrected chi connectivity index (χ0v) is 14.2. The molecule has 0 saturated heterocycles. The van der Waals surface area contributed by atoms with Gasteiger partial charge in [0, 0.05) is 0 Å². The SMILES string of the molecule is CCCCCCCC[CH2][K].O=C(O)CC(=O)O. The molecule has 0 atom stereocenters. The first kappa shape index (κ1) is 19.9. The molecule has 0 aromatic carbocycles. The molecule has 0 aliphatic heterocycles. The summed E-state index contributed by atoms with van der Waals surface area (Å²) in [6.07, 6.45) is 9.50. The number of unbranched alkanes of at least 4 members (excludes halogenated alkanes) is 6. The summed E-state index contributed by atoms with van der Waals surface area (Å²) < 4.78 is 1.56. The summed E-state index contributed by atoms with van der Waals surface area (Å²) in [6, 6.07) is 0. The van der Waals surface area contributed by atoms with Crippen LogP contribution in [0.15, 0.2) is 0 Å². The van der Waals surface area contributed by atoms with Crippen LogP contribution in [0.4, 0.5) is 0 Å². The monoisotopic (exact) mass is 270 g/mol. The summed E-state index contributed by atoms with van der Waals surface area (Å²) in [4.78, 5) is 18.9. The van der Waals surface area contributed by atoms with Crippen molar-refractivity contribution in [3.63, 3.8) is 0 Å². The first-order valence-electron chi connectivity index (χ1n) is 6.48. The van der Waals surface area contributed by atoms with Crippen molar-refractivity contribution >= 4 is 60.9 Å². The number of hydrogen-bond acceptors (Lipinski definition) is 2. The molecular formula is C12H23KO4. The van der Waals surface area contributed by atoms with Gasteiger partial charge in [-0.2, -0.15) is 0 Å². The molecule has 0 rings (SSSR count). The Kier molecular flexibility index (Phi) is 19.4. The Morgan fingerprint density at radius 2 is 1.29 bits per heavy atom. The topological polar surface area (TPSA) is 74.6 Å². The number of carboxylic acids is 2. The standard InChI is InChI=1S/C9H19.C3H4O4.K/c1-3-5-7-9-8-6-4-2;4-2(5)1-3(6)7;/h1,3-9H2,2H3;1H2,(H,4,5)(H,6,7);. The fourth-order valence-electron chi connectivity index (χ4n) is 1.34. The molecule has 0 aromatic heterocycles. The summed E-state index contributed by atoms with van der Waals surface area (Å²) in [6.45, 7) is 2.28. The number of rotatable bonds is 9. The molecule has 96 valence electrons. The average Bonchev–Trinajstić information content (AvgIpc) is 2.22. The van der Waals surface area contributed by atoms with Crippen LogP contribution >= 0.6 is 0 Å². The van der Waals surface area contributed by atoms with Crippen LogP contribution in [0.25, 0.3) is 0 Å². The second-order valence-electron chi connectivity index (χ2n) is 4.09. The number of carbonyl (C=O) groups is 2. The maximum absolute atomic E-state index is 9.43. The van der Waals surface area contributed by atoms with Gasteiger partial charge in [-0.1, -0.05) is 0 Å². The Morgan fingerprint density at radius 1 is 0.882 bits per heavy atom. The Hall–Kier alpha value is 0.576. The molecule has 0 saturated carbocycles. The van der Waals surface area contributed by atoms with Gasteiger partial charge in [0.2, 0.25) is 0 Å². The average molecular weight is 270 g/mol. The molecule has 2 N–H and O–H groups in total. The smallest absolute Gasteiger partial charge is 0.314 e. The van der Waals surface area contributed by atoms with Gasteiger partial charge in [0.15, 0.2) is 0 Å². The molecule has 0 unspecified atom stereocenters.